The zero-order valence-electron chi connectivity index (χ0n) is 11.7. The van der Waals surface area contributed by atoms with Gasteiger partial charge in [0, 0.05) is 13.1 Å². The van der Waals surface area contributed by atoms with Crippen LogP contribution in [0.5, 0.6) is 0 Å². The van der Waals surface area contributed by atoms with Gasteiger partial charge in [0.05, 0.1) is 23.0 Å². The summed E-state index contributed by atoms with van der Waals surface area (Å²) in [5.41, 5.74) is 8.58. The van der Waals surface area contributed by atoms with Crippen molar-refractivity contribution in [1.29, 1.82) is 5.26 Å². The van der Waals surface area contributed by atoms with Gasteiger partial charge in [0.25, 0.3) is 0 Å². The predicted molar refractivity (Wildman–Crippen MR) is 80.0 cm³/mol. The number of hydrogen-bond donors (Lipinski definition) is 1. The highest BCUT2D eigenvalue weighted by Gasteiger charge is 2.18. The van der Waals surface area contributed by atoms with E-state index in [0.29, 0.717) is 5.56 Å². The molecule has 0 bridgehead atoms. The third-order valence-electron chi connectivity index (χ3n) is 4.04. The second-order valence-electron chi connectivity index (χ2n) is 5.46. The molecular formula is C16H23N3. The molecule has 2 rings (SSSR count). The van der Waals surface area contributed by atoms with Gasteiger partial charge in [-0.1, -0.05) is 19.8 Å². The number of anilines is 2. The summed E-state index contributed by atoms with van der Waals surface area (Å²) >= 11 is 0. The predicted octanol–water partition coefficient (Wildman–Crippen LogP) is 3.55. The number of hydrogen-bond acceptors (Lipinski definition) is 3. The first-order chi connectivity index (χ1) is 9.24. The molecule has 0 aromatic heterocycles. The largest absolute Gasteiger partial charge is 0.397 e. The minimum absolute atomic E-state index is 0.693. The number of nitrogen functional groups attached to an aromatic ring is 1. The maximum absolute atomic E-state index is 9.01. The van der Waals surface area contributed by atoms with E-state index in [9.17, 15) is 0 Å². The molecule has 1 aliphatic heterocycles. The summed E-state index contributed by atoms with van der Waals surface area (Å²) in [6.45, 7) is 4.38. The maximum Gasteiger partial charge on any atom is 0.0992 e. The Morgan fingerprint density at radius 2 is 2.21 bits per heavy atom. The average Bonchev–Trinajstić information content (AvgIpc) is 2.65. The van der Waals surface area contributed by atoms with Crippen molar-refractivity contribution in [2.75, 3.05) is 23.7 Å². The zero-order chi connectivity index (χ0) is 13.7. The first kappa shape index (κ1) is 13.7. The molecule has 3 heteroatoms. The molecule has 1 aromatic carbocycles. The van der Waals surface area contributed by atoms with Gasteiger partial charge in [0.2, 0.25) is 0 Å². The molecule has 1 aromatic rings. The number of nitriles is 1. The normalized spacial score (nSPS) is 19.8. The minimum Gasteiger partial charge on any atom is -0.397 e. The van der Waals surface area contributed by atoms with Gasteiger partial charge in [-0.05, 0) is 43.4 Å². The first-order valence-electron chi connectivity index (χ1n) is 7.29. The van der Waals surface area contributed by atoms with E-state index in [0.717, 1.165) is 30.4 Å². The SMILES string of the molecule is CCCC1CCCN(c2cc(C#N)ccc2N)CC1. The van der Waals surface area contributed by atoms with Crippen molar-refractivity contribution < 1.29 is 0 Å². The summed E-state index contributed by atoms with van der Waals surface area (Å²) in [7, 11) is 0. The molecule has 1 atom stereocenters. The number of rotatable bonds is 3. The van der Waals surface area contributed by atoms with Crippen LogP contribution < -0.4 is 10.6 Å². The Bertz CT molecular complexity index is 462. The van der Waals surface area contributed by atoms with Crippen molar-refractivity contribution in [3.63, 3.8) is 0 Å². The van der Waals surface area contributed by atoms with Crippen LogP contribution >= 0.6 is 0 Å². The second kappa shape index (κ2) is 6.47. The van der Waals surface area contributed by atoms with Gasteiger partial charge in [0.15, 0.2) is 0 Å². The van der Waals surface area contributed by atoms with Crippen LogP contribution in [0.4, 0.5) is 11.4 Å². The van der Waals surface area contributed by atoms with Crippen molar-refractivity contribution in [3.05, 3.63) is 23.8 Å². The van der Waals surface area contributed by atoms with Crippen LogP contribution in [-0.4, -0.2) is 13.1 Å². The van der Waals surface area contributed by atoms with Crippen molar-refractivity contribution in [3.8, 4) is 6.07 Å². The van der Waals surface area contributed by atoms with Crippen LogP contribution in [0.2, 0.25) is 0 Å². The lowest BCUT2D eigenvalue weighted by Gasteiger charge is -2.24. The molecular weight excluding hydrogens is 234 g/mol. The summed E-state index contributed by atoms with van der Waals surface area (Å²) in [6, 6.07) is 7.76. The van der Waals surface area contributed by atoms with Gasteiger partial charge in [-0.15, -0.1) is 0 Å². The number of benzene rings is 1. The average molecular weight is 257 g/mol. The summed E-state index contributed by atoms with van der Waals surface area (Å²) in [4.78, 5) is 2.35. The van der Waals surface area contributed by atoms with Gasteiger partial charge in [-0.3, -0.25) is 0 Å². The van der Waals surface area contributed by atoms with Crippen LogP contribution in [-0.2, 0) is 0 Å². The summed E-state index contributed by atoms with van der Waals surface area (Å²) in [5, 5.41) is 9.01. The highest BCUT2D eigenvalue weighted by molar-refractivity contribution is 5.69. The van der Waals surface area contributed by atoms with Gasteiger partial charge < -0.3 is 10.6 Å². The quantitative estimate of drug-likeness (QED) is 0.842. The fourth-order valence-electron chi connectivity index (χ4n) is 2.99. The third kappa shape index (κ3) is 3.41. The van der Waals surface area contributed by atoms with Gasteiger partial charge in [0.1, 0.15) is 0 Å². The van der Waals surface area contributed by atoms with Crippen LogP contribution in [0.3, 0.4) is 0 Å². The molecule has 102 valence electrons. The smallest absolute Gasteiger partial charge is 0.0992 e. The monoisotopic (exact) mass is 257 g/mol. The molecule has 0 radical (unpaired) electrons. The Kier molecular flexibility index (Phi) is 4.68. The Morgan fingerprint density at radius 1 is 1.37 bits per heavy atom. The summed E-state index contributed by atoms with van der Waals surface area (Å²) in [5.74, 6) is 0.857. The van der Waals surface area contributed by atoms with Gasteiger partial charge >= 0.3 is 0 Å². The molecule has 3 nitrogen and oxygen atoms in total. The Hall–Kier alpha value is -1.69. The Labute approximate surface area is 116 Å². The Balaban J connectivity index is 2.12. The highest BCUT2D eigenvalue weighted by atomic mass is 15.1. The molecule has 19 heavy (non-hydrogen) atoms. The molecule has 0 amide bonds. The molecule has 1 heterocycles. The molecule has 1 unspecified atom stereocenters. The van der Waals surface area contributed by atoms with E-state index >= 15 is 0 Å². The van der Waals surface area contributed by atoms with E-state index in [-0.39, 0.29) is 0 Å². The van der Waals surface area contributed by atoms with Crippen LogP contribution in [0.25, 0.3) is 0 Å². The minimum atomic E-state index is 0.693. The lowest BCUT2D eigenvalue weighted by molar-refractivity contribution is 0.435. The summed E-state index contributed by atoms with van der Waals surface area (Å²) in [6.07, 6.45) is 6.39. The van der Waals surface area contributed by atoms with E-state index < -0.39 is 0 Å². The molecule has 1 saturated heterocycles. The maximum atomic E-state index is 9.01. The molecule has 0 spiro atoms. The molecule has 1 aliphatic rings. The molecule has 2 N–H and O–H groups in total. The van der Waals surface area contributed by atoms with Crippen molar-refractivity contribution in [2.45, 2.75) is 39.0 Å². The van der Waals surface area contributed by atoms with E-state index in [1.807, 2.05) is 12.1 Å². The van der Waals surface area contributed by atoms with Crippen molar-refractivity contribution >= 4 is 11.4 Å². The summed E-state index contributed by atoms with van der Waals surface area (Å²) < 4.78 is 0. The Morgan fingerprint density at radius 3 is 2.95 bits per heavy atom. The van der Waals surface area contributed by atoms with E-state index in [2.05, 4.69) is 17.9 Å². The van der Waals surface area contributed by atoms with Crippen molar-refractivity contribution in [2.24, 2.45) is 5.92 Å². The van der Waals surface area contributed by atoms with Crippen molar-refractivity contribution in [1.82, 2.24) is 0 Å². The second-order valence-corrected chi connectivity index (χ2v) is 5.46. The molecule has 0 aliphatic carbocycles. The fourth-order valence-corrected chi connectivity index (χ4v) is 2.99. The third-order valence-corrected chi connectivity index (χ3v) is 4.04. The fraction of sp³-hybridized carbons (Fsp3) is 0.562. The van der Waals surface area contributed by atoms with Gasteiger partial charge in [-0.25, -0.2) is 0 Å². The van der Waals surface area contributed by atoms with E-state index in [4.69, 9.17) is 11.0 Å². The van der Waals surface area contributed by atoms with E-state index in [1.165, 1.54) is 32.1 Å². The van der Waals surface area contributed by atoms with Crippen LogP contribution in [0, 0.1) is 17.2 Å². The number of nitrogens with two attached hydrogens (primary N) is 1. The standard InChI is InChI=1S/C16H23N3/c1-2-4-13-5-3-9-19(10-8-13)16-11-14(12-17)6-7-15(16)18/h6-7,11,13H,2-5,8-10,18H2,1H3. The lowest BCUT2D eigenvalue weighted by atomic mass is 9.96. The van der Waals surface area contributed by atoms with E-state index in [1.54, 1.807) is 6.07 Å². The van der Waals surface area contributed by atoms with Gasteiger partial charge in [-0.2, -0.15) is 5.26 Å². The molecule has 0 saturated carbocycles. The number of nitrogens with zero attached hydrogens (tertiary/aromatic N) is 2. The molecule has 1 fully saturated rings. The van der Waals surface area contributed by atoms with Crippen LogP contribution in [0.15, 0.2) is 18.2 Å². The zero-order valence-corrected chi connectivity index (χ0v) is 11.7. The topological polar surface area (TPSA) is 53.0 Å². The first-order valence-corrected chi connectivity index (χ1v) is 7.29. The van der Waals surface area contributed by atoms with Crippen LogP contribution in [0.1, 0.15) is 44.6 Å². The lowest BCUT2D eigenvalue weighted by Crippen LogP contribution is -2.25. The highest BCUT2D eigenvalue weighted by Crippen LogP contribution is 2.29.